The molecule has 4 fully saturated rings. The van der Waals surface area contributed by atoms with Crippen LogP contribution in [0.3, 0.4) is 0 Å². The van der Waals surface area contributed by atoms with Gasteiger partial charge < -0.3 is 29.1 Å². The summed E-state index contributed by atoms with van der Waals surface area (Å²) in [6.45, 7) is 12.0. The molecule has 51 heavy (non-hydrogen) atoms. The molecule has 0 saturated carbocycles. The molecule has 5 heterocycles. The molecule has 1 spiro atoms. The fourth-order valence-corrected chi connectivity index (χ4v) is 9.35. The smallest absolute Gasteiger partial charge is 0.279 e. The largest absolute Gasteiger partial charge is 0.451 e. The van der Waals surface area contributed by atoms with Crippen molar-refractivity contribution in [3.63, 3.8) is 0 Å². The summed E-state index contributed by atoms with van der Waals surface area (Å²) >= 11 is 0. The number of hydrogen-bond acceptors (Lipinski definition) is 11. The first-order valence-electron chi connectivity index (χ1n) is 17.9. The molecule has 1 amide bonds. The van der Waals surface area contributed by atoms with Gasteiger partial charge in [0.15, 0.2) is 17.4 Å². The second-order valence-corrected chi connectivity index (χ2v) is 16.8. The first-order valence-corrected chi connectivity index (χ1v) is 19.4. The predicted octanol–water partition coefficient (Wildman–Crippen LogP) is 2.99. The molecule has 4 aliphatic rings. The van der Waals surface area contributed by atoms with Gasteiger partial charge in [0.1, 0.15) is 17.9 Å². The number of anilines is 1. The van der Waals surface area contributed by atoms with Crippen molar-refractivity contribution < 1.29 is 36.9 Å². The van der Waals surface area contributed by atoms with Gasteiger partial charge in [-0.15, -0.1) is 0 Å². The Morgan fingerprint density at radius 2 is 1.84 bits per heavy atom. The number of carbonyl (C=O) groups is 1. The molecule has 4 saturated heterocycles. The monoisotopic (exact) mass is 733 g/mol. The first-order chi connectivity index (χ1) is 24.2. The van der Waals surface area contributed by atoms with Gasteiger partial charge in [-0.25, -0.2) is 14.4 Å². The van der Waals surface area contributed by atoms with Gasteiger partial charge >= 0.3 is 0 Å². The maximum absolute atomic E-state index is 14.4. The molecule has 0 aliphatic carbocycles. The van der Waals surface area contributed by atoms with E-state index in [4.69, 9.17) is 14.2 Å². The molecule has 0 bridgehead atoms. The highest BCUT2D eigenvalue weighted by molar-refractivity contribution is 7.87. The predicted molar refractivity (Wildman–Crippen MR) is 188 cm³/mol. The second-order valence-electron chi connectivity index (χ2n) is 15.1. The highest BCUT2D eigenvalue weighted by Gasteiger charge is 2.47. The van der Waals surface area contributed by atoms with Crippen LogP contribution in [0.1, 0.15) is 70.2 Å². The zero-order valence-corrected chi connectivity index (χ0v) is 31.1. The van der Waals surface area contributed by atoms with Gasteiger partial charge in [-0.3, -0.25) is 9.69 Å². The molecule has 4 aliphatic heterocycles. The number of ether oxygens (including phenoxy) is 3. The van der Waals surface area contributed by atoms with Crippen molar-refractivity contribution in [2.75, 3.05) is 64.4 Å². The molecule has 1 aromatic carbocycles. The Bertz CT molecular complexity index is 1630. The van der Waals surface area contributed by atoms with Crippen molar-refractivity contribution in [1.29, 1.82) is 0 Å². The number of nitrogens with one attached hydrogen (secondary N) is 1. The number of β-amino-alcohol motifs (C(OH)–C–C–N with tert-alkyl or cyclic N) is 1. The molecule has 2 aromatic rings. The van der Waals surface area contributed by atoms with Gasteiger partial charge in [-0.05, 0) is 84.7 Å². The fourth-order valence-electron chi connectivity index (χ4n) is 7.89. The summed E-state index contributed by atoms with van der Waals surface area (Å²) in [5, 5.41) is 11.3. The van der Waals surface area contributed by atoms with Crippen LogP contribution in [0.5, 0.6) is 11.5 Å². The zero-order valence-electron chi connectivity index (χ0n) is 30.3. The quantitative estimate of drug-likeness (QED) is 0.332. The second kappa shape index (κ2) is 15.2. The molecular formula is C35H52FN7O7S. The fraction of sp³-hybridized carbons (Fsp3) is 0.686. The number of likely N-dealkylation sites (tertiary alicyclic amines) is 1. The molecule has 6 rings (SSSR count). The molecule has 2 N–H and O–H groups in total. The van der Waals surface area contributed by atoms with E-state index < -0.39 is 27.9 Å². The van der Waals surface area contributed by atoms with E-state index in [0.717, 1.165) is 39.0 Å². The average molecular weight is 734 g/mol. The van der Waals surface area contributed by atoms with Crippen LogP contribution < -0.4 is 14.4 Å². The van der Waals surface area contributed by atoms with Crippen LogP contribution in [0.4, 0.5) is 10.2 Å². The highest BCUT2D eigenvalue weighted by Crippen LogP contribution is 2.45. The number of benzene rings is 1. The summed E-state index contributed by atoms with van der Waals surface area (Å²) in [4.78, 5) is 28.3. The SMILES string of the molecule is CO[C@H]1CCN(S(=O)(=O)N[C@@H]2CC[C@](O)(CN3CCC4(CC3)CN(c3ncncc3Oc3ccc(F)cc3C(=O)N(C(C)C)C(C)C)C4)OC2)C1. The van der Waals surface area contributed by atoms with Crippen LogP contribution in [-0.4, -0.2) is 133 Å². The third kappa shape index (κ3) is 8.47. The Balaban J connectivity index is 1.01. The maximum atomic E-state index is 14.4. The van der Waals surface area contributed by atoms with Crippen molar-refractivity contribution in [3.05, 3.63) is 42.1 Å². The van der Waals surface area contributed by atoms with Crippen LogP contribution in [0, 0.1) is 11.2 Å². The number of rotatable bonds is 12. The van der Waals surface area contributed by atoms with E-state index in [1.807, 2.05) is 27.7 Å². The van der Waals surface area contributed by atoms with E-state index >= 15 is 0 Å². The van der Waals surface area contributed by atoms with Gasteiger partial charge in [0.05, 0.1) is 31.0 Å². The number of amides is 1. The van der Waals surface area contributed by atoms with E-state index in [0.29, 0.717) is 50.5 Å². The summed E-state index contributed by atoms with van der Waals surface area (Å²) in [6.07, 6.45) is 6.29. The average Bonchev–Trinajstić information content (AvgIpc) is 3.57. The van der Waals surface area contributed by atoms with Crippen molar-refractivity contribution in [3.8, 4) is 11.5 Å². The van der Waals surface area contributed by atoms with Crippen LogP contribution in [0.15, 0.2) is 30.7 Å². The van der Waals surface area contributed by atoms with Gasteiger partial charge in [-0.1, -0.05) is 0 Å². The first kappa shape index (κ1) is 37.8. The van der Waals surface area contributed by atoms with E-state index in [9.17, 15) is 22.7 Å². The van der Waals surface area contributed by atoms with Crippen molar-refractivity contribution >= 4 is 21.9 Å². The molecule has 3 atom stereocenters. The lowest BCUT2D eigenvalue weighted by atomic mass is 9.72. The molecule has 0 radical (unpaired) electrons. The van der Waals surface area contributed by atoms with Crippen LogP contribution in [0.2, 0.25) is 0 Å². The summed E-state index contributed by atoms with van der Waals surface area (Å²) < 4.78 is 61.7. The third-order valence-corrected chi connectivity index (χ3v) is 12.3. The van der Waals surface area contributed by atoms with Gasteiger partial charge in [0.25, 0.3) is 16.1 Å². The lowest BCUT2D eigenvalue weighted by molar-refractivity contribution is -0.239. The topological polar surface area (TPSA) is 150 Å². The number of carbonyl (C=O) groups excluding carboxylic acids is 1. The number of halogens is 1. The Hall–Kier alpha value is -2.99. The maximum Gasteiger partial charge on any atom is 0.279 e. The van der Waals surface area contributed by atoms with Gasteiger partial charge in [0.2, 0.25) is 0 Å². The number of piperidine rings is 1. The third-order valence-electron chi connectivity index (χ3n) is 10.7. The van der Waals surface area contributed by atoms with Gasteiger partial charge in [0, 0.05) is 63.3 Å². The minimum atomic E-state index is -3.65. The zero-order chi connectivity index (χ0) is 36.6. The Morgan fingerprint density at radius 1 is 1.12 bits per heavy atom. The summed E-state index contributed by atoms with van der Waals surface area (Å²) in [5.74, 6) is -0.917. The van der Waals surface area contributed by atoms with Crippen molar-refractivity contribution in [2.24, 2.45) is 5.41 Å². The molecule has 0 unspecified atom stereocenters. The van der Waals surface area contributed by atoms with E-state index in [-0.39, 0.29) is 47.4 Å². The lowest BCUT2D eigenvalue weighted by Crippen LogP contribution is -2.62. The number of aromatic nitrogens is 2. The summed E-state index contributed by atoms with van der Waals surface area (Å²) in [7, 11) is -2.06. The highest BCUT2D eigenvalue weighted by atomic mass is 32.2. The number of nitrogens with zero attached hydrogens (tertiary/aromatic N) is 6. The van der Waals surface area contributed by atoms with E-state index in [2.05, 4.69) is 24.5 Å². The number of methoxy groups -OCH3 is 1. The Labute approximate surface area is 300 Å². The minimum Gasteiger partial charge on any atom is -0.451 e. The van der Waals surface area contributed by atoms with Gasteiger partial charge in [-0.2, -0.15) is 17.4 Å². The Kier molecular flexibility index (Phi) is 11.2. The van der Waals surface area contributed by atoms with E-state index in [1.54, 1.807) is 18.2 Å². The molecule has 14 nitrogen and oxygen atoms in total. The van der Waals surface area contributed by atoms with Crippen LogP contribution in [-0.2, 0) is 19.7 Å². The molecule has 16 heteroatoms. The normalized spacial score (nSPS) is 25.8. The van der Waals surface area contributed by atoms with Crippen molar-refractivity contribution in [1.82, 2.24) is 28.8 Å². The Morgan fingerprint density at radius 3 is 2.47 bits per heavy atom. The summed E-state index contributed by atoms with van der Waals surface area (Å²) in [6, 6.07) is 3.39. The molecule has 1 aromatic heterocycles. The number of hydrogen-bond donors (Lipinski definition) is 2. The summed E-state index contributed by atoms with van der Waals surface area (Å²) in [5.41, 5.74) is 0.226. The lowest BCUT2D eigenvalue weighted by Gasteiger charge is -2.55. The standard InChI is InChI=1S/C35H52FN7O7S/c1-24(2)43(25(3)4)33(44)29-16-26(36)6-7-30(29)50-31-17-37-23-38-32(31)41-20-34(21-41)11-14-40(15-12-34)22-35(45)10-8-27(19-49-35)39-51(46,47)42-13-9-28(18-42)48-5/h6-7,16-17,23-25,27-28,39,45H,8-15,18-22H2,1-5H3/t27-,28+,35-/m1/s1. The van der Waals surface area contributed by atoms with E-state index in [1.165, 1.54) is 28.8 Å². The minimum absolute atomic E-state index is 0.0849. The molecular weight excluding hydrogens is 681 g/mol. The van der Waals surface area contributed by atoms with Crippen LogP contribution >= 0.6 is 0 Å². The van der Waals surface area contributed by atoms with Crippen molar-refractivity contribution in [2.45, 2.75) is 89.8 Å². The number of aliphatic hydroxyl groups is 1. The molecule has 282 valence electrons. The van der Waals surface area contributed by atoms with Crippen LogP contribution in [0.25, 0.3) is 0 Å².